The Morgan fingerprint density at radius 1 is 0.852 bits per heavy atom. The van der Waals surface area contributed by atoms with Gasteiger partial charge in [-0.15, -0.1) is 0 Å². The number of hydrogen-bond donors (Lipinski definition) is 1. The molecule has 27 heavy (non-hydrogen) atoms. The third-order valence-corrected chi connectivity index (χ3v) is 4.86. The van der Waals surface area contributed by atoms with E-state index >= 15 is 0 Å². The fourth-order valence-corrected chi connectivity index (χ4v) is 3.34. The summed E-state index contributed by atoms with van der Waals surface area (Å²) < 4.78 is 5.28. The summed E-state index contributed by atoms with van der Waals surface area (Å²) in [5.74, 6) is 1.90. The number of nitrogens with one attached hydrogen (secondary N) is 1. The molecule has 2 aromatic carbocycles. The van der Waals surface area contributed by atoms with Gasteiger partial charge in [-0.1, -0.05) is 49.9 Å². The van der Waals surface area contributed by atoms with Crippen molar-refractivity contribution in [3.8, 4) is 5.75 Å². The van der Waals surface area contributed by atoms with Crippen molar-refractivity contribution in [2.75, 3.05) is 19.0 Å². The number of rotatable bonds is 11. The first-order chi connectivity index (χ1) is 13.4. The Labute approximate surface area is 162 Å². The average molecular weight is 364 g/mol. The third-order valence-electron chi connectivity index (χ3n) is 4.86. The standard InChI is InChI=1S/C23H29N3O/c1-27-20-13-10-12-19(17-20)11-6-4-2-3-5-9-16-24-23-21-14-7-8-15-22(21)25-18-26-23/h7-8,10,12-15,17-18H,2-6,9,11,16H2,1H3,(H,24,25,26). The van der Waals surface area contributed by atoms with Crippen molar-refractivity contribution in [3.05, 3.63) is 60.4 Å². The van der Waals surface area contributed by atoms with Crippen molar-refractivity contribution in [2.24, 2.45) is 0 Å². The van der Waals surface area contributed by atoms with E-state index in [4.69, 9.17) is 4.74 Å². The van der Waals surface area contributed by atoms with Gasteiger partial charge in [-0.2, -0.15) is 0 Å². The third kappa shape index (κ3) is 5.95. The molecular weight excluding hydrogens is 334 g/mol. The van der Waals surface area contributed by atoms with Crippen LogP contribution in [0.3, 0.4) is 0 Å². The molecule has 0 bridgehead atoms. The average Bonchev–Trinajstić information content (AvgIpc) is 2.72. The largest absolute Gasteiger partial charge is 0.497 e. The van der Waals surface area contributed by atoms with Gasteiger partial charge in [0.1, 0.15) is 17.9 Å². The van der Waals surface area contributed by atoms with Crippen molar-refractivity contribution in [1.29, 1.82) is 0 Å². The number of para-hydroxylation sites is 1. The van der Waals surface area contributed by atoms with E-state index in [2.05, 4.69) is 39.6 Å². The maximum Gasteiger partial charge on any atom is 0.137 e. The maximum atomic E-state index is 5.28. The minimum atomic E-state index is 0.943. The quantitative estimate of drug-likeness (QED) is 0.448. The first kappa shape index (κ1) is 19.2. The van der Waals surface area contributed by atoms with Crippen LogP contribution in [-0.4, -0.2) is 23.6 Å². The number of methoxy groups -OCH3 is 1. The van der Waals surface area contributed by atoms with Crippen LogP contribution in [0.5, 0.6) is 5.75 Å². The number of anilines is 1. The zero-order chi connectivity index (χ0) is 18.7. The van der Waals surface area contributed by atoms with Gasteiger partial charge in [0.2, 0.25) is 0 Å². The van der Waals surface area contributed by atoms with Crippen LogP contribution < -0.4 is 10.1 Å². The molecule has 0 aliphatic rings. The van der Waals surface area contributed by atoms with Gasteiger partial charge in [-0.05, 0) is 49.1 Å². The number of aryl methyl sites for hydroxylation is 1. The first-order valence-electron chi connectivity index (χ1n) is 9.93. The van der Waals surface area contributed by atoms with Gasteiger partial charge in [0, 0.05) is 11.9 Å². The second kappa shape index (κ2) is 10.5. The molecule has 0 radical (unpaired) electrons. The zero-order valence-electron chi connectivity index (χ0n) is 16.2. The fourth-order valence-electron chi connectivity index (χ4n) is 3.34. The van der Waals surface area contributed by atoms with Crippen LogP contribution in [0, 0.1) is 0 Å². The highest BCUT2D eigenvalue weighted by atomic mass is 16.5. The van der Waals surface area contributed by atoms with Crippen molar-refractivity contribution in [3.63, 3.8) is 0 Å². The monoisotopic (exact) mass is 363 g/mol. The minimum absolute atomic E-state index is 0.943. The molecule has 0 saturated carbocycles. The van der Waals surface area contributed by atoms with Gasteiger partial charge in [-0.3, -0.25) is 0 Å². The Morgan fingerprint density at radius 3 is 2.56 bits per heavy atom. The van der Waals surface area contributed by atoms with Crippen LogP contribution in [0.2, 0.25) is 0 Å². The summed E-state index contributed by atoms with van der Waals surface area (Å²) in [6.07, 6.45) is 10.3. The molecule has 0 unspecified atom stereocenters. The lowest BCUT2D eigenvalue weighted by molar-refractivity contribution is 0.414. The van der Waals surface area contributed by atoms with Crippen LogP contribution in [0.25, 0.3) is 10.9 Å². The molecule has 0 fully saturated rings. The second-order valence-corrected chi connectivity index (χ2v) is 6.89. The van der Waals surface area contributed by atoms with Crippen molar-refractivity contribution >= 4 is 16.7 Å². The molecule has 0 aliphatic heterocycles. The SMILES string of the molecule is COc1cccc(CCCCCCCCNc2ncnc3ccccc23)c1. The Bertz CT molecular complexity index is 829. The first-order valence-corrected chi connectivity index (χ1v) is 9.93. The molecule has 0 amide bonds. The fraction of sp³-hybridized carbons (Fsp3) is 0.391. The zero-order valence-corrected chi connectivity index (χ0v) is 16.2. The predicted molar refractivity (Wildman–Crippen MR) is 112 cm³/mol. The van der Waals surface area contributed by atoms with Gasteiger partial charge >= 0.3 is 0 Å². The lowest BCUT2D eigenvalue weighted by Crippen LogP contribution is -2.04. The molecule has 3 rings (SSSR count). The number of benzene rings is 2. The van der Waals surface area contributed by atoms with Crippen LogP contribution in [0.15, 0.2) is 54.9 Å². The molecule has 0 saturated heterocycles. The lowest BCUT2D eigenvalue weighted by Gasteiger charge is -2.08. The van der Waals surface area contributed by atoms with Crippen LogP contribution in [0.4, 0.5) is 5.82 Å². The summed E-state index contributed by atoms with van der Waals surface area (Å²) in [5.41, 5.74) is 2.36. The van der Waals surface area contributed by atoms with Crippen molar-refractivity contribution < 1.29 is 4.74 Å². The number of fused-ring (bicyclic) bond motifs is 1. The number of hydrogen-bond acceptors (Lipinski definition) is 4. The summed E-state index contributed by atoms with van der Waals surface area (Å²) in [4.78, 5) is 8.68. The van der Waals surface area contributed by atoms with Gasteiger partial charge in [-0.25, -0.2) is 9.97 Å². The van der Waals surface area contributed by atoms with E-state index in [1.54, 1.807) is 13.4 Å². The maximum absolute atomic E-state index is 5.28. The van der Waals surface area contributed by atoms with E-state index in [-0.39, 0.29) is 0 Å². The van der Waals surface area contributed by atoms with Crippen LogP contribution >= 0.6 is 0 Å². The highest BCUT2D eigenvalue weighted by Crippen LogP contribution is 2.19. The summed E-state index contributed by atoms with van der Waals surface area (Å²) in [7, 11) is 1.72. The number of ether oxygens (including phenoxy) is 1. The molecular formula is C23H29N3O. The molecule has 0 aliphatic carbocycles. The summed E-state index contributed by atoms with van der Waals surface area (Å²) in [6.45, 7) is 0.963. The van der Waals surface area contributed by atoms with Gasteiger partial charge < -0.3 is 10.1 Å². The number of aromatic nitrogens is 2. The number of unbranched alkanes of at least 4 members (excludes halogenated alkanes) is 5. The van der Waals surface area contributed by atoms with Gasteiger partial charge in [0.05, 0.1) is 12.6 Å². The highest BCUT2D eigenvalue weighted by Gasteiger charge is 2.01. The van der Waals surface area contributed by atoms with E-state index in [9.17, 15) is 0 Å². The van der Waals surface area contributed by atoms with E-state index in [1.807, 2.05) is 24.3 Å². The molecule has 142 valence electrons. The predicted octanol–water partition coefficient (Wildman–Crippen LogP) is 5.63. The van der Waals surface area contributed by atoms with E-state index in [1.165, 1.54) is 44.1 Å². The molecule has 4 heteroatoms. The lowest BCUT2D eigenvalue weighted by atomic mass is 10.0. The smallest absolute Gasteiger partial charge is 0.137 e. The summed E-state index contributed by atoms with van der Waals surface area (Å²) in [6, 6.07) is 16.5. The summed E-state index contributed by atoms with van der Waals surface area (Å²) >= 11 is 0. The molecule has 3 aromatic rings. The molecule has 1 heterocycles. The molecule has 0 spiro atoms. The van der Waals surface area contributed by atoms with Gasteiger partial charge in [0.25, 0.3) is 0 Å². The Kier molecular flexibility index (Phi) is 7.45. The van der Waals surface area contributed by atoms with Gasteiger partial charge in [0.15, 0.2) is 0 Å². The Hall–Kier alpha value is -2.62. The van der Waals surface area contributed by atoms with E-state index in [0.717, 1.165) is 35.4 Å². The Balaban J connectivity index is 1.26. The molecule has 1 N–H and O–H groups in total. The normalized spacial score (nSPS) is 10.9. The van der Waals surface area contributed by atoms with E-state index in [0.29, 0.717) is 0 Å². The summed E-state index contributed by atoms with van der Waals surface area (Å²) in [5, 5.41) is 4.55. The highest BCUT2D eigenvalue weighted by molar-refractivity contribution is 5.88. The Morgan fingerprint density at radius 2 is 1.67 bits per heavy atom. The van der Waals surface area contributed by atoms with Crippen LogP contribution in [-0.2, 0) is 6.42 Å². The van der Waals surface area contributed by atoms with Crippen molar-refractivity contribution in [1.82, 2.24) is 9.97 Å². The minimum Gasteiger partial charge on any atom is -0.497 e. The van der Waals surface area contributed by atoms with Crippen molar-refractivity contribution in [2.45, 2.75) is 44.9 Å². The van der Waals surface area contributed by atoms with Crippen LogP contribution in [0.1, 0.15) is 44.1 Å². The molecule has 1 aromatic heterocycles. The molecule has 4 nitrogen and oxygen atoms in total. The molecule has 0 atom stereocenters. The topological polar surface area (TPSA) is 47.0 Å². The second-order valence-electron chi connectivity index (χ2n) is 6.89. The number of nitrogens with zero attached hydrogens (tertiary/aromatic N) is 2. The van der Waals surface area contributed by atoms with E-state index < -0.39 is 0 Å².